The molecule has 0 bridgehead atoms. The van der Waals surface area contributed by atoms with Gasteiger partial charge < -0.3 is 10.6 Å². The van der Waals surface area contributed by atoms with Gasteiger partial charge in [0.15, 0.2) is 0 Å². The lowest BCUT2D eigenvalue weighted by Crippen LogP contribution is -2.44. The van der Waals surface area contributed by atoms with Gasteiger partial charge in [0.2, 0.25) is 0 Å². The Hall–Kier alpha value is -2.10. The molecule has 1 aliphatic rings. The summed E-state index contributed by atoms with van der Waals surface area (Å²) in [5.74, 6) is 1.15. The van der Waals surface area contributed by atoms with Crippen LogP contribution < -0.4 is 5.73 Å². The Morgan fingerprint density at radius 3 is 2.86 bits per heavy atom. The number of aromatic nitrogens is 1. The SMILES string of the molecule is CC1CCN(C(=O)c2cc(N)nc3ccccc23)C(C)C1. The topological polar surface area (TPSA) is 59.2 Å². The zero-order chi connectivity index (χ0) is 15.0. The van der Waals surface area contributed by atoms with E-state index in [1.807, 2.05) is 29.2 Å². The van der Waals surface area contributed by atoms with Crippen LogP contribution in [0.4, 0.5) is 5.82 Å². The first-order valence-corrected chi connectivity index (χ1v) is 7.52. The van der Waals surface area contributed by atoms with Gasteiger partial charge in [-0.25, -0.2) is 4.98 Å². The summed E-state index contributed by atoms with van der Waals surface area (Å²) >= 11 is 0. The maximum atomic E-state index is 12.9. The number of rotatable bonds is 1. The van der Waals surface area contributed by atoms with E-state index in [0.29, 0.717) is 17.3 Å². The lowest BCUT2D eigenvalue weighted by Gasteiger charge is -2.36. The number of para-hydroxylation sites is 1. The van der Waals surface area contributed by atoms with Crippen LogP contribution in [0.25, 0.3) is 10.9 Å². The second-order valence-electron chi connectivity index (χ2n) is 6.09. The Morgan fingerprint density at radius 2 is 2.10 bits per heavy atom. The highest BCUT2D eigenvalue weighted by atomic mass is 16.2. The summed E-state index contributed by atoms with van der Waals surface area (Å²) in [6.45, 7) is 5.19. The second-order valence-corrected chi connectivity index (χ2v) is 6.09. The molecule has 3 rings (SSSR count). The van der Waals surface area contributed by atoms with Crippen LogP contribution in [0.5, 0.6) is 0 Å². The summed E-state index contributed by atoms with van der Waals surface area (Å²) in [4.78, 5) is 19.2. The molecule has 2 N–H and O–H groups in total. The fourth-order valence-electron chi connectivity index (χ4n) is 3.24. The molecule has 1 aromatic carbocycles. The predicted octanol–water partition coefficient (Wildman–Crippen LogP) is 3.08. The molecule has 21 heavy (non-hydrogen) atoms. The van der Waals surface area contributed by atoms with E-state index in [0.717, 1.165) is 30.3 Å². The van der Waals surface area contributed by atoms with Crippen molar-refractivity contribution in [2.45, 2.75) is 32.7 Å². The maximum Gasteiger partial charge on any atom is 0.254 e. The highest BCUT2D eigenvalue weighted by molar-refractivity contribution is 6.07. The van der Waals surface area contributed by atoms with Crippen molar-refractivity contribution in [1.29, 1.82) is 0 Å². The third-order valence-corrected chi connectivity index (χ3v) is 4.37. The van der Waals surface area contributed by atoms with Crippen molar-refractivity contribution >= 4 is 22.6 Å². The molecule has 1 aliphatic heterocycles. The number of carbonyl (C=O) groups is 1. The quantitative estimate of drug-likeness (QED) is 0.875. The van der Waals surface area contributed by atoms with E-state index in [9.17, 15) is 4.79 Å². The van der Waals surface area contributed by atoms with Crippen molar-refractivity contribution in [3.05, 3.63) is 35.9 Å². The van der Waals surface area contributed by atoms with E-state index in [-0.39, 0.29) is 11.9 Å². The molecule has 2 atom stereocenters. The number of nitrogens with zero attached hydrogens (tertiary/aromatic N) is 2. The van der Waals surface area contributed by atoms with Crippen LogP contribution in [0.15, 0.2) is 30.3 Å². The number of hydrogen-bond donors (Lipinski definition) is 1. The number of piperidine rings is 1. The zero-order valence-electron chi connectivity index (χ0n) is 12.5. The van der Waals surface area contributed by atoms with Crippen molar-refractivity contribution in [3.63, 3.8) is 0 Å². The minimum Gasteiger partial charge on any atom is -0.384 e. The van der Waals surface area contributed by atoms with Crippen LogP contribution in [0.2, 0.25) is 0 Å². The number of nitrogens with two attached hydrogens (primary N) is 1. The van der Waals surface area contributed by atoms with E-state index in [1.54, 1.807) is 6.07 Å². The molecular formula is C17H21N3O. The second kappa shape index (κ2) is 5.35. The number of benzene rings is 1. The average Bonchev–Trinajstić information content (AvgIpc) is 2.45. The Morgan fingerprint density at radius 1 is 1.33 bits per heavy atom. The molecule has 1 fully saturated rings. The first kappa shape index (κ1) is 13.9. The molecule has 2 heterocycles. The standard InChI is InChI=1S/C17H21N3O/c1-11-7-8-20(12(2)9-11)17(21)14-10-16(18)19-15-6-4-3-5-13(14)15/h3-6,10-12H,7-9H2,1-2H3,(H2,18,19). The number of nitrogen functional groups attached to an aromatic ring is 1. The fourth-order valence-corrected chi connectivity index (χ4v) is 3.24. The van der Waals surface area contributed by atoms with Crippen LogP contribution in [0.1, 0.15) is 37.0 Å². The fraction of sp³-hybridized carbons (Fsp3) is 0.412. The van der Waals surface area contributed by atoms with Crippen LogP contribution >= 0.6 is 0 Å². The van der Waals surface area contributed by atoms with Crippen LogP contribution in [-0.4, -0.2) is 28.4 Å². The summed E-state index contributed by atoms with van der Waals surface area (Å²) in [5.41, 5.74) is 7.31. The van der Waals surface area contributed by atoms with Gasteiger partial charge in [0.1, 0.15) is 5.82 Å². The van der Waals surface area contributed by atoms with Crippen molar-refractivity contribution in [2.75, 3.05) is 12.3 Å². The van der Waals surface area contributed by atoms with Gasteiger partial charge in [-0.15, -0.1) is 0 Å². The molecule has 1 amide bonds. The van der Waals surface area contributed by atoms with E-state index in [4.69, 9.17) is 5.73 Å². The minimum atomic E-state index is 0.0692. The number of likely N-dealkylation sites (tertiary alicyclic amines) is 1. The van der Waals surface area contributed by atoms with Crippen molar-refractivity contribution in [3.8, 4) is 0 Å². The van der Waals surface area contributed by atoms with Gasteiger partial charge >= 0.3 is 0 Å². The molecule has 4 nitrogen and oxygen atoms in total. The van der Waals surface area contributed by atoms with Crippen molar-refractivity contribution in [1.82, 2.24) is 9.88 Å². The molecule has 0 spiro atoms. The van der Waals surface area contributed by atoms with Crippen molar-refractivity contribution in [2.24, 2.45) is 5.92 Å². The molecule has 0 aliphatic carbocycles. The average molecular weight is 283 g/mol. The van der Waals surface area contributed by atoms with E-state index in [2.05, 4.69) is 18.8 Å². The van der Waals surface area contributed by atoms with E-state index >= 15 is 0 Å². The number of fused-ring (bicyclic) bond motifs is 1. The number of pyridine rings is 1. The number of hydrogen-bond acceptors (Lipinski definition) is 3. The van der Waals surface area contributed by atoms with E-state index < -0.39 is 0 Å². The van der Waals surface area contributed by atoms with Gasteiger partial charge in [-0.1, -0.05) is 25.1 Å². The Labute approximate surface area is 125 Å². The monoisotopic (exact) mass is 283 g/mol. The molecule has 2 aromatic rings. The lowest BCUT2D eigenvalue weighted by atomic mass is 9.92. The molecule has 1 saturated heterocycles. The first-order chi connectivity index (χ1) is 10.1. The Kier molecular flexibility index (Phi) is 3.53. The van der Waals surface area contributed by atoms with Gasteiger partial charge in [-0.05, 0) is 37.8 Å². The predicted molar refractivity (Wildman–Crippen MR) is 85.1 cm³/mol. The minimum absolute atomic E-state index is 0.0692. The van der Waals surface area contributed by atoms with Gasteiger partial charge in [-0.2, -0.15) is 0 Å². The number of amides is 1. The number of anilines is 1. The molecule has 0 saturated carbocycles. The summed E-state index contributed by atoms with van der Waals surface area (Å²) in [6, 6.07) is 9.65. The Bertz CT molecular complexity index is 683. The molecule has 2 unspecified atom stereocenters. The summed E-state index contributed by atoms with van der Waals surface area (Å²) in [7, 11) is 0. The van der Waals surface area contributed by atoms with Gasteiger partial charge in [0.05, 0.1) is 11.1 Å². The van der Waals surface area contributed by atoms with Gasteiger partial charge in [0, 0.05) is 18.0 Å². The van der Waals surface area contributed by atoms with Gasteiger partial charge in [0.25, 0.3) is 5.91 Å². The molecule has 110 valence electrons. The van der Waals surface area contributed by atoms with Crippen LogP contribution in [0.3, 0.4) is 0 Å². The molecular weight excluding hydrogens is 262 g/mol. The smallest absolute Gasteiger partial charge is 0.254 e. The summed E-state index contributed by atoms with van der Waals surface area (Å²) in [5, 5.41) is 0.877. The molecule has 4 heteroatoms. The summed E-state index contributed by atoms with van der Waals surface area (Å²) < 4.78 is 0. The normalized spacial score (nSPS) is 22.5. The van der Waals surface area contributed by atoms with E-state index in [1.165, 1.54) is 0 Å². The third kappa shape index (κ3) is 2.58. The van der Waals surface area contributed by atoms with Gasteiger partial charge in [-0.3, -0.25) is 4.79 Å². The maximum absolute atomic E-state index is 12.9. The Balaban J connectivity index is 2.02. The van der Waals surface area contributed by atoms with Crippen LogP contribution in [0, 0.1) is 5.92 Å². The highest BCUT2D eigenvalue weighted by Crippen LogP contribution is 2.27. The first-order valence-electron chi connectivity index (χ1n) is 7.52. The highest BCUT2D eigenvalue weighted by Gasteiger charge is 2.28. The zero-order valence-corrected chi connectivity index (χ0v) is 12.5. The van der Waals surface area contributed by atoms with Crippen molar-refractivity contribution < 1.29 is 4.79 Å². The molecule has 1 aromatic heterocycles. The third-order valence-electron chi connectivity index (χ3n) is 4.37. The number of carbonyl (C=O) groups excluding carboxylic acids is 1. The largest absolute Gasteiger partial charge is 0.384 e. The van der Waals surface area contributed by atoms with Crippen LogP contribution in [-0.2, 0) is 0 Å². The summed E-state index contributed by atoms with van der Waals surface area (Å²) in [6.07, 6.45) is 2.12. The molecule has 0 radical (unpaired) electrons. The lowest BCUT2D eigenvalue weighted by molar-refractivity contribution is 0.0590.